The quantitative estimate of drug-likeness (QED) is 0.329. The Kier molecular flexibility index (Phi) is 6.73. The summed E-state index contributed by atoms with van der Waals surface area (Å²) in [5.74, 6) is -1.83. The SMILES string of the molecule is O=C(NC(CO)C(=O)O)c1ccc(-c2cccc(N(c3cc4ccccc4o3)S(=O)[O-])c2)cc1. The number of aliphatic hydroxyl groups is 1. The number of fused-ring (bicyclic) bond motifs is 1. The average Bonchev–Trinajstić information content (AvgIpc) is 3.25. The molecule has 0 aliphatic rings. The number of nitrogens with one attached hydrogen (secondary N) is 1. The number of aliphatic hydroxyl groups excluding tert-OH is 1. The Labute approximate surface area is 196 Å². The van der Waals surface area contributed by atoms with Gasteiger partial charge in [-0.1, -0.05) is 42.5 Å². The van der Waals surface area contributed by atoms with E-state index in [1.165, 1.54) is 12.1 Å². The number of aliphatic carboxylic acids is 1. The number of para-hydroxylation sites is 1. The van der Waals surface area contributed by atoms with Crippen molar-refractivity contribution in [3.05, 3.63) is 84.4 Å². The molecule has 0 aliphatic carbocycles. The molecular weight excluding hydrogens is 460 g/mol. The van der Waals surface area contributed by atoms with Crippen molar-refractivity contribution in [3.8, 4) is 11.1 Å². The van der Waals surface area contributed by atoms with Crippen LogP contribution in [0.15, 0.2) is 83.3 Å². The molecule has 1 heterocycles. The Bertz CT molecular complexity index is 1330. The lowest BCUT2D eigenvalue weighted by atomic mass is 10.0. The molecule has 2 unspecified atom stereocenters. The number of rotatable bonds is 8. The molecule has 9 nitrogen and oxygen atoms in total. The summed E-state index contributed by atoms with van der Waals surface area (Å²) in [7, 11) is 0. The summed E-state index contributed by atoms with van der Waals surface area (Å²) in [6.45, 7) is -0.727. The van der Waals surface area contributed by atoms with E-state index in [-0.39, 0.29) is 11.4 Å². The Morgan fingerprint density at radius 2 is 1.74 bits per heavy atom. The lowest BCUT2D eigenvalue weighted by molar-refractivity contribution is -0.140. The highest BCUT2D eigenvalue weighted by Crippen LogP contribution is 2.34. The van der Waals surface area contributed by atoms with Crippen molar-refractivity contribution in [2.24, 2.45) is 0 Å². The zero-order valence-corrected chi connectivity index (χ0v) is 18.4. The van der Waals surface area contributed by atoms with Crippen molar-refractivity contribution >= 4 is 45.7 Å². The van der Waals surface area contributed by atoms with Gasteiger partial charge in [-0.05, 0) is 41.5 Å². The number of carboxylic acids is 1. The summed E-state index contributed by atoms with van der Waals surface area (Å²) in [6.07, 6.45) is 0. The highest BCUT2D eigenvalue weighted by atomic mass is 32.2. The van der Waals surface area contributed by atoms with Crippen LogP contribution in [0.2, 0.25) is 0 Å². The molecular formula is C24H19N2O7S-. The van der Waals surface area contributed by atoms with Crippen LogP contribution in [0.1, 0.15) is 10.4 Å². The van der Waals surface area contributed by atoms with Gasteiger partial charge < -0.3 is 24.5 Å². The van der Waals surface area contributed by atoms with Gasteiger partial charge in [-0.2, -0.15) is 0 Å². The maximum atomic E-state index is 12.2. The Morgan fingerprint density at radius 3 is 2.38 bits per heavy atom. The first kappa shape index (κ1) is 23.2. The zero-order chi connectivity index (χ0) is 24.2. The van der Waals surface area contributed by atoms with Gasteiger partial charge in [-0.15, -0.1) is 0 Å². The molecule has 0 saturated carbocycles. The predicted molar refractivity (Wildman–Crippen MR) is 125 cm³/mol. The molecule has 2 atom stereocenters. The van der Waals surface area contributed by atoms with E-state index in [9.17, 15) is 18.4 Å². The second-order valence-electron chi connectivity index (χ2n) is 7.31. The second kappa shape index (κ2) is 9.87. The van der Waals surface area contributed by atoms with E-state index in [0.29, 0.717) is 22.4 Å². The average molecular weight is 479 g/mol. The first-order chi connectivity index (χ1) is 16.4. The number of anilines is 2. The van der Waals surface area contributed by atoms with Crippen LogP contribution in [0.5, 0.6) is 0 Å². The molecule has 1 aromatic heterocycles. The van der Waals surface area contributed by atoms with E-state index in [4.69, 9.17) is 14.6 Å². The molecule has 3 aromatic carbocycles. The first-order valence-electron chi connectivity index (χ1n) is 10.1. The summed E-state index contributed by atoms with van der Waals surface area (Å²) < 4.78 is 30.9. The van der Waals surface area contributed by atoms with Crippen LogP contribution >= 0.6 is 0 Å². The molecule has 4 aromatic rings. The number of furan rings is 1. The van der Waals surface area contributed by atoms with Gasteiger partial charge in [0.05, 0.1) is 23.6 Å². The summed E-state index contributed by atoms with van der Waals surface area (Å²) in [6, 6.07) is 20.6. The first-order valence-corrected chi connectivity index (χ1v) is 11.1. The number of hydrogen-bond acceptors (Lipinski definition) is 6. The molecule has 1 amide bonds. The molecule has 10 heteroatoms. The largest absolute Gasteiger partial charge is 0.755 e. The van der Waals surface area contributed by atoms with Crippen molar-refractivity contribution in [2.45, 2.75) is 6.04 Å². The number of carbonyl (C=O) groups is 2. The van der Waals surface area contributed by atoms with E-state index >= 15 is 0 Å². The van der Waals surface area contributed by atoms with Gasteiger partial charge in [0.25, 0.3) is 5.91 Å². The molecule has 0 fully saturated rings. The van der Waals surface area contributed by atoms with Crippen LogP contribution in [0.25, 0.3) is 22.1 Å². The molecule has 0 bridgehead atoms. The fourth-order valence-electron chi connectivity index (χ4n) is 3.41. The van der Waals surface area contributed by atoms with Crippen molar-refractivity contribution in [1.29, 1.82) is 0 Å². The van der Waals surface area contributed by atoms with Crippen LogP contribution in [0, 0.1) is 0 Å². The third-order valence-electron chi connectivity index (χ3n) is 5.11. The number of benzene rings is 3. The fraction of sp³-hybridized carbons (Fsp3) is 0.0833. The van der Waals surface area contributed by atoms with Crippen molar-refractivity contribution in [1.82, 2.24) is 5.32 Å². The Morgan fingerprint density at radius 1 is 1.00 bits per heavy atom. The van der Waals surface area contributed by atoms with Gasteiger partial charge in [0.1, 0.15) is 5.58 Å². The van der Waals surface area contributed by atoms with Gasteiger partial charge >= 0.3 is 5.97 Å². The van der Waals surface area contributed by atoms with E-state index in [2.05, 4.69) is 5.32 Å². The summed E-state index contributed by atoms with van der Waals surface area (Å²) >= 11 is -2.65. The van der Waals surface area contributed by atoms with Crippen LogP contribution < -0.4 is 9.62 Å². The van der Waals surface area contributed by atoms with Gasteiger partial charge in [0.15, 0.2) is 6.04 Å². The van der Waals surface area contributed by atoms with Crippen LogP contribution in [-0.4, -0.2) is 43.5 Å². The summed E-state index contributed by atoms with van der Waals surface area (Å²) in [5.41, 5.74) is 2.53. The van der Waals surface area contributed by atoms with Gasteiger partial charge in [0.2, 0.25) is 5.88 Å². The molecule has 3 N–H and O–H groups in total. The Hall–Kier alpha value is -3.99. The lowest BCUT2D eigenvalue weighted by Gasteiger charge is -2.24. The van der Waals surface area contributed by atoms with Gasteiger partial charge in [-0.3, -0.25) is 9.00 Å². The van der Waals surface area contributed by atoms with E-state index in [1.807, 2.05) is 12.1 Å². The minimum Gasteiger partial charge on any atom is -0.755 e. The highest BCUT2D eigenvalue weighted by Gasteiger charge is 2.20. The normalized spacial score (nSPS) is 12.8. The zero-order valence-electron chi connectivity index (χ0n) is 17.6. The number of nitrogens with zero attached hydrogens (tertiary/aromatic N) is 1. The molecule has 0 saturated heterocycles. The maximum Gasteiger partial charge on any atom is 0.328 e. The Balaban J connectivity index is 1.60. The molecule has 0 aliphatic heterocycles. The third kappa shape index (κ3) is 4.84. The molecule has 0 spiro atoms. The predicted octanol–water partition coefficient (Wildman–Crippen LogP) is 3.21. The number of amides is 1. The summed E-state index contributed by atoms with van der Waals surface area (Å²) in [5, 5.41) is 21.0. The number of carbonyl (C=O) groups excluding carboxylic acids is 1. The second-order valence-corrected chi connectivity index (χ2v) is 8.11. The van der Waals surface area contributed by atoms with Gasteiger partial charge in [-0.25, -0.2) is 9.10 Å². The third-order valence-corrected chi connectivity index (χ3v) is 5.80. The van der Waals surface area contributed by atoms with Crippen LogP contribution in [0.3, 0.4) is 0 Å². The smallest absolute Gasteiger partial charge is 0.328 e. The van der Waals surface area contributed by atoms with Gasteiger partial charge in [0, 0.05) is 17.0 Å². The van der Waals surface area contributed by atoms with E-state index in [1.54, 1.807) is 54.6 Å². The maximum absolute atomic E-state index is 12.2. The highest BCUT2D eigenvalue weighted by molar-refractivity contribution is 7.81. The molecule has 174 valence electrons. The molecule has 0 radical (unpaired) electrons. The number of carboxylic acid groups (broad SMARTS) is 1. The molecule has 34 heavy (non-hydrogen) atoms. The molecule has 4 rings (SSSR count). The monoisotopic (exact) mass is 479 g/mol. The number of hydrogen-bond donors (Lipinski definition) is 3. The standard InChI is InChI=1S/C24H20N2O7S/c27-14-20(24(29)30)25-23(28)16-10-8-15(9-11-16)17-5-3-6-19(12-17)26(34(31)32)22-13-18-4-1-2-7-21(18)33-22/h1-13,20,27H,14H2,(H,25,28)(H,29,30)(H,31,32)/p-1. The topological polar surface area (TPSA) is 143 Å². The van der Waals surface area contributed by atoms with Crippen molar-refractivity contribution in [2.75, 3.05) is 10.9 Å². The minimum absolute atomic E-state index is 0.149. The summed E-state index contributed by atoms with van der Waals surface area (Å²) in [4.78, 5) is 23.2. The lowest BCUT2D eigenvalue weighted by Crippen LogP contribution is -2.43. The van der Waals surface area contributed by atoms with Crippen LogP contribution in [-0.2, 0) is 16.1 Å². The fourth-order valence-corrected chi connectivity index (χ4v) is 3.93. The van der Waals surface area contributed by atoms with Crippen molar-refractivity contribution < 1.29 is 33.0 Å². The minimum atomic E-state index is -2.65. The van der Waals surface area contributed by atoms with E-state index in [0.717, 1.165) is 9.69 Å². The van der Waals surface area contributed by atoms with Crippen molar-refractivity contribution in [3.63, 3.8) is 0 Å². The van der Waals surface area contributed by atoms with E-state index < -0.39 is 35.8 Å². The van der Waals surface area contributed by atoms with Crippen LogP contribution in [0.4, 0.5) is 11.6 Å².